The fraction of sp³-hybridized carbons (Fsp3) is 0.611. The summed E-state index contributed by atoms with van der Waals surface area (Å²) in [7, 11) is 0. The molecule has 5 heteroatoms. The lowest BCUT2D eigenvalue weighted by atomic mass is 10.0. The van der Waals surface area contributed by atoms with Crippen LogP contribution in [0, 0.1) is 12.8 Å². The molecule has 1 aromatic carbocycles. The van der Waals surface area contributed by atoms with E-state index >= 15 is 0 Å². The Hall–Kier alpha value is -1.59. The Kier molecular flexibility index (Phi) is 6.86. The van der Waals surface area contributed by atoms with Crippen molar-refractivity contribution in [3.8, 4) is 0 Å². The quantitative estimate of drug-likeness (QED) is 0.848. The van der Waals surface area contributed by atoms with Gasteiger partial charge in [-0.3, -0.25) is 4.90 Å². The maximum Gasteiger partial charge on any atom is 0.319 e. The summed E-state index contributed by atoms with van der Waals surface area (Å²) in [5.41, 5.74) is 1.96. The van der Waals surface area contributed by atoms with E-state index in [-0.39, 0.29) is 6.03 Å². The average molecular weight is 319 g/mol. The molecular formula is C18H29N3O2. The summed E-state index contributed by atoms with van der Waals surface area (Å²) in [6.45, 7) is 10.6. The molecule has 1 aliphatic rings. The van der Waals surface area contributed by atoms with E-state index in [2.05, 4.69) is 29.4 Å². The van der Waals surface area contributed by atoms with Gasteiger partial charge in [0.2, 0.25) is 0 Å². The van der Waals surface area contributed by atoms with E-state index in [1.54, 1.807) is 0 Å². The number of nitrogens with one attached hydrogen (secondary N) is 2. The van der Waals surface area contributed by atoms with Gasteiger partial charge in [0.15, 0.2) is 0 Å². The smallest absolute Gasteiger partial charge is 0.319 e. The van der Waals surface area contributed by atoms with Gasteiger partial charge >= 0.3 is 6.03 Å². The molecule has 1 aliphatic heterocycles. The van der Waals surface area contributed by atoms with E-state index in [1.807, 2.05) is 31.2 Å². The first-order valence-corrected chi connectivity index (χ1v) is 8.48. The van der Waals surface area contributed by atoms with Crippen molar-refractivity contribution in [3.05, 3.63) is 29.8 Å². The molecule has 1 atom stereocenters. The molecule has 0 radical (unpaired) electrons. The third kappa shape index (κ3) is 6.20. The molecule has 1 heterocycles. The van der Waals surface area contributed by atoms with Crippen molar-refractivity contribution in [1.29, 1.82) is 0 Å². The average Bonchev–Trinajstić information content (AvgIpc) is 2.52. The minimum Gasteiger partial charge on any atom is -0.379 e. The highest BCUT2D eigenvalue weighted by Gasteiger charge is 2.22. The van der Waals surface area contributed by atoms with Gasteiger partial charge in [-0.25, -0.2) is 4.79 Å². The molecular weight excluding hydrogens is 290 g/mol. The van der Waals surface area contributed by atoms with Crippen LogP contribution in [0.15, 0.2) is 24.3 Å². The number of morpholine rings is 1. The number of aryl methyl sites for hydroxylation is 1. The summed E-state index contributed by atoms with van der Waals surface area (Å²) in [5, 5.41) is 5.92. The summed E-state index contributed by atoms with van der Waals surface area (Å²) in [5.74, 6) is 0.601. The van der Waals surface area contributed by atoms with Crippen LogP contribution in [0.4, 0.5) is 10.5 Å². The third-order valence-corrected chi connectivity index (χ3v) is 4.08. The van der Waals surface area contributed by atoms with Crippen molar-refractivity contribution in [2.24, 2.45) is 5.92 Å². The van der Waals surface area contributed by atoms with E-state index in [4.69, 9.17) is 4.74 Å². The van der Waals surface area contributed by atoms with Gasteiger partial charge in [0.1, 0.15) is 0 Å². The summed E-state index contributed by atoms with van der Waals surface area (Å²) < 4.78 is 5.43. The highest BCUT2D eigenvalue weighted by atomic mass is 16.5. The van der Waals surface area contributed by atoms with Gasteiger partial charge in [0, 0.05) is 31.4 Å². The highest BCUT2D eigenvalue weighted by Crippen LogP contribution is 2.13. The maximum absolute atomic E-state index is 12.1. The molecule has 0 aliphatic carbocycles. The van der Waals surface area contributed by atoms with E-state index in [0.29, 0.717) is 18.5 Å². The predicted octanol–water partition coefficient (Wildman–Crippen LogP) is 2.86. The van der Waals surface area contributed by atoms with Crippen LogP contribution >= 0.6 is 0 Å². The zero-order valence-electron chi connectivity index (χ0n) is 14.5. The lowest BCUT2D eigenvalue weighted by Crippen LogP contribution is -2.49. The number of amides is 2. The normalized spacial score (nSPS) is 17.0. The van der Waals surface area contributed by atoms with Crippen LogP contribution in [0.25, 0.3) is 0 Å². The highest BCUT2D eigenvalue weighted by molar-refractivity contribution is 5.89. The minimum atomic E-state index is -0.141. The molecule has 128 valence electrons. The summed E-state index contributed by atoms with van der Waals surface area (Å²) in [6, 6.07) is 8.05. The fourth-order valence-electron chi connectivity index (χ4n) is 2.96. The standard InChI is InChI=1S/C18H29N3O2/c1-14(2)11-17(21-7-9-23-10-8-21)13-19-18(22)20-16-6-4-5-15(3)12-16/h4-6,12,14,17H,7-11,13H2,1-3H3,(H2,19,20,22). The predicted molar refractivity (Wildman–Crippen MR) is 93.8 cm³/mol. The number of carbonyl (C=O) groups is 1. The number of urea groups is 1. The number of hydrogen-bond acceptors (Lipinski definition) is 3. The van der Waals surface area contributed by atoms with E-state index in [1.165, 1.54) is 0 Å². The molecule has 2 rings (SSSR count). The number of nitrogens with zero attached hydrogens (tertiary/aromatic N) is 1. The van der Waals surface area contributed by atoms with Crippen molar-refractivity contribution in [1.82, 2.24) is 10.2 Å². The third-order valence-electron chi connectivity index (χ3n) is 4.08. The number of rotatable bonds is 6. The van der Waals surface area contributed by atoms with E-state index in [9.17, 15) is 4.79 Å². The fourth-order valence-corrected chi connectivity index (χ4v) is 2.96. The topological polar surface area (TPSA) is 53.6 Å². The van der Waals surface area contributed by atoms with Gasteiger partial charge in [-0.2, -0.15) is 0 Å². The van der Waals surface area contributed by atoms with Gasteiger partial charge < -0.3 is 15.4 Å². The molecule has 1 saturated heterocycles. The molecule has 0 aromatic heterocycles. The Bertz CT molecular complexity index is 499. The van der Waals surface area contributed by atoms with Crippen molar-refractivity contribution in [2.45, 2.75) is 33.2 Å². The Balaban J connectivity index is 1.85. The zero-order valence-corrected chi connectivity index (χ0v) is 14.5. The van der Waals surface area contributed by atoms with Crippen LogP contribution in [0.3, 0.4) is 0 Å². The van der Waals surface area contributed by atoms with Crippen molar-refractivity contribution < 1.29 is 9.53 Å². The van der Waals surface area contributed by atoms with Gasteiger partial charge in [0.25, 0.3) is 0 Å². The molecule has 1 unspecified atom stereocenters. The second kappa shape index (κ2) is 8.89. The Morgan fingerprint density at radius 1 is 1.30 bits per heavy atom. The van der Waals surface area contributed by atoms with Crippen LogP contribution in [0.5, 0.6) is 0 Å². The van der Waals surface area contributed by atoms with E-state index < -0.39 is 0 Å². The van der Waals surface area contributed by atoms with Crippen LogP contribution < -0.4 is 10.6 Å². The number of carbonyl (C=O) groups excluding carboxylic acids is 1. The second-order valence-electron chi connectivity index (χ2n) is 6.64. The number of benzene rings is 1. The minimum absolute atomic E-state index is 0.141. The first-order chi connectivity index (χ1) is 11.0. The summed E-state index contributed by atoms with van der Waals surface area (Å²) >= 11 is 0. The van der Waals surface area contributed by atoms with Crippen LogP contribution in [0.1, 0.15) is 25.8 Å². The Labute approximate surface area is 139 Å². The van der Waals surface area contributed by atoms with Crippen LogP contribution in [-0.4, -0.2) is 49.8 Å². The molecule has 0 bridgehead atoms. The molecule has 5 nitrogen and oxygen atoms in total. The molecule has 2 N–H and O–H groups in total. The SMILES string of the molecule is Cc1cccc(NC(=O)NCC(CC(C)C)N2CCOCC2)c1. The van der Waals surface area contributed by atoms with Crippen LogP contribution in [0.2, 0.25) is 0 Å². The summed E-state index contributed by atoms with van der Waals surface area (Å²) in [4.78, 5) is 14.6. The van der Waals surface area contributed by atoms with Gasteiger partial charge in [0.05, 0.1) is 13.2 Å². The first kappa shape index (κ1) is 17.8. The molecule has 1 fully saturated rings. The second-order valence-corrected chi connectivity index (χ2v) is 6.64. The number of ether oxygens (including phenoxy) is 1. The maximum atomic E-state index is 12.1. The van der Waals surface area contributed by atoms with E-state index in [0.717, 1.165) is 44.0 Å². The van der Waals surface area contributed by atoms with Crippen LogP contribution in [-0.2, 0) is 4.74 Å². The van der Waals surface area contributed by atoms with Crippen molar-refractivity contribution in [2.75, 3.05) is 38.2 Å². The van der Waals surface area contributed by atoms with Gasteiger partial charge in [-0.15, -0.1) is 0 Å². The first-order valence-electron chi connectivity index (χ1n) is 8.48. The molecule has 0 spiro atoms. The monoisotopic (exact) mass is 319 g/mol. The van der Waals surface area contributed by atoms with Crippen molar-refractivity contribution in [3.63, 3.8) is 0 Å². The molecule has 0 saturated carbocycles. The summed E-state index contributed by atoms with van der Waals surface area (Å²) in [6.07, 6.45) is 1.07. The lowest BCUT2D eigenvalue weighted by molar-refractivity contribution is 0.0130. The Morgan fingerprint density at radius 2 is 2.04 bits per heavy atom. The Morgan fingerprint density at radius 3 is 2.70 bits per heavy atom. The molecule has 23 heavy (non-hydrogen) atoms. The van der Waals surface area contributed by atoms with Gasteiger partial charge in [-0.05, 0) is 37.0 Å². The lowest BCUT2D eigenvalue weighted by Gasteiger charge is -2.35. The largest absolute Gasteiger partial charge is 0.379 e. The number of anilines is 1. The molecule has 1 aromatic rings. The number of hydrogen-bond donors (Lipinski definition) is 2. The zero-order chi connectivity index (χ0) is 16.7. The molecule has 2 amide bonds. The van der Waals surface area contributed by atoms with Crippen molar-refractivity contribution >= 4 is 11.7 Å². The van der Waals surface area contributed by atoms with Gasteiger partial charge in [-0.1, -0.05) is 26.0 Å².